The first-order valence-electron chi connectivity index (χ1n) is 5.35. The number of nitrogens with zero attached hydrogens (tertiary/aromatic N) is 1. The lowest BCUT2D eigenvalue weighted by Gasteiger charge is -2.03. The molecule has 0 aromatic rings. The van der Waals surface area contributed by atoms with Crippen LogP contribution in [0.1, 0.15) is 41.0 Å². The monoisotopic (exact) mass is 218 g/mol. The maximum atomic E-state index is 10.6. The van der Waals surface area contributed by atoms with Crippen molar-refractivity contribution in [1.82, 2.24) is 0 Å². The maximum Gasteiger partial charge on any atom is 0.185 e. The van der Waals surface area contributed by atoms with Crippen LogP contribution in [0.5, 0.6) is 0 Å². The molecule has 0 fully saturated rings. The fraction of sp³-hybridized carbons (Fsp3) is 0.800. The second-order valence-corrected chi connectivity index (χ2v) is 2.31. The Morgan fingerprint density at radius 2 is 1.60 bits per heavy atom. The standard InChI is InChI=1S/C6H14N4O.2C2H6/c1-4(11)5(7)2-3-10-6(8)9;2*1-2/h5H,2-3,7H2,1H3,(H4,8,9,10);2*1-2H3/t5-;;/m1../s1. The van der Waals surface area contributed by atoms with Crippen LogP contribution >= 0.6 is 0 Å². The molecule has 0 radical (unpaired) electrons. The lowest BCUT2D eigenvalue weighted by Crippen LogP contribution is -2.30. The highest BCUT2D eigenvalue weighted by Crippen LogP contribution is 1.89. The molecule has 0 aliphatic heterocycles. The number of aliphatic imine (C=N–C) groups is 1. The second-order valence-electron chi connectivity index (χ2n) is 2.31. The first-order chi connectivity index (χ1) is 7.04. The van der Waals surface area contributed by atoms with Gasteiger partial charge in [0.2, 0.25) is 0 Å². The molecule has 15 heavy (non-hydrogen) atoms. The van der Waals surface area contributed by atoms with Gasteiger partial charge in [0.25, 0.3) is 0 Å². The minimum atomic E-state index is -0.446. The zero-order valence-corrected chi connectivity index (χ0v) is 10.6. The summed E-state index contributed by atoms with van der Waals surface area (Å²) < 4.78 is 0. The van der Waals surface area contributed by atoms with E-state index >= 15 is 0 Å². The Labute approximate surface area is 93.1 Å². The highest BCUT2D eigenvalue weighted by Gasteiger charge is 2.05. The predicted octanol–water partition coefficient (Wildman–Crippen LogP) is 0.619. The summed E-state index contributed by atoms with van der Waals surface area (Å²) in [6, 6.07) is -0.446. The molecule has 0 spiro atoms. The summed E-state index contributed by atoms with van der Waals surface area (Å²) in [6.07, 6.45) is 0.493. The van der Waals surface area contributed by atoms with E-state index in [9.17, 15) is 4.79 Å². The molecular formula is C10H26N4O. The topological polar surface area (TPSA) is 107 Å². The summed E-state index contributed by atoms with van der Waals surface area (Å²) in [5.41, 5.74) is 15.5. The third-order valence-electron chi connectivity index (χ3n) is 1.26. The molecule has 0 aliphatic rings. The van der Waals surface area contributed by atoms with Crippen molar-refractivity contribution in [3.05, 3.63) is 0 Å². The minimum absolute atomic E-state index is 0.0285. The molecule has 0 heterocycles. The Kier molecular flexibility index (Phi) is 20.0. The largest absolute Gasteiger partial charge is 0.370 e. The molecule has 92 valence electrons. The van der Waals surface area contributed by atoms with Gasteiger partial charge in [0, 0.05) is 6.54 Å². The minimum Gasteiger partial charge on any atom is -0.370 e. The number of rotatable bonds is 4. The molecule has 0 saturated heterocycles. The van der Waals surface area contributed by atoms with E-state index < -0.39 is 6.04 Å². The predicted molar refractivity (Wildman–Crippen MR) is 66.6 cm³/mol. The van der Waals surface area contributed by atoms with Crippen molar-refractivity contribution in [2.45, 2.75) is 47.1 Å². The Balaban J connectivity index is -0.000000318. The molecule has 0 aromatic carbocycles. The SMILES string of the molecule is CC.CC.CC(=O)[C@H](N)CCN=C(N)N. The van der Waals surface area contributed by atoms with Crippen LogP contribution in [0.3, 0.4) is 0 Å². The average molecular weight is 218 g/mol. The summed E-state index contributed by atoms with van der Waals surface area (Å²) in [6.45, 7) is 9.85. The van der Waals surface area contributed by atoms with Gasteiger partial charge in [0.15, 0.2) is 5.96 Å². The van der Waals surface area contributed by atoms with E-state index in [-0.39, 0.29) is 11.7 Å². The van der Waals surface area contributed by atoms with E-state index in [1.807, 2.05) is 27.7 Å². The number of ketones is 1. The van der Waals surface area contributed by atoms with Crippen LogP contribution in [0.15, 0.2) is 4.99 Å². The maximum absolute atomic E-state index is 10.6. The number of nitrogens with two attached hydrogens (primary N) is 3. The van der Waals surface area contributed by atoms with Crippen LogP contribution in [-0.2, 0) is 4.79 Å². The van der Waals surface area contributed by atoms with E-state index in [0.717, 1.165) is 0 Å². The van der Waals surface area contributed by atoms with Gasteiger partial charge in [-0.05, 0) is 13.3 Å². The highest BCUT2D eigenvalue weighted by molar-refractivity contribution is 5.81. The summed E-state index contributed by atoms with van der Waals surface area (Å²) in [5.74, 6) is -0.0171. The first kappa shape index (κ1) is 19.5. The van der Waals surface area contributed by atoms with Crippen molar-refractivity contribution in [2.24, 2.45) is 22.2 Å². The van der Waals surface area contributed by atoms with E-state index in [1.165, 1.54) is 6.92 Å². The third kappa shape index (κ3) is 19.3. The van der Waals surface area contributed by atoms with Gasteiger partial charge in [-0.2, -0.15) is 0 Å². The van der Waals surface area contributed by atoms with Gasteiger partial charge in [-0.3, -0.25) is 9.79 Å². The quantitative estimate of drug-likeness (QED) is 0.475. The molecule has 0 bridgehead atoms. The van der Waals surface area contributed by atoms with Crippen LogP contribution in [0.25, 0.3) is 0 Å². The van der Waals surface area contributed by atoms with Crippen molar-refractivity contribution < 1.29 is 4.79 Å². The van der Waals surface area contributed by atoms with Gasteiger partial charge in [-0.15, -0.1) is 0 Å². The van der Waals surface area contributed by atoms with Gasteiger partial charge in [-0.25, -0.2) is 0 Å². The van der Waals surface area contributed by atoms with Gasteiger partial charge in [0.05, 0.1) is 6.04 Å². The number of carbonyl (C=O) groups is 1. The molecule has 5 heteroatoms. The Hall–Kier alpha value is -1.10. The zero-order valence-electron chi connectivity index (χ0n) is 10.6. The van der Waals surface area contributed by atoms with Gasteiger partial charge in [0.1, 0.15) is 5.78 Å². The third-order valence-corrected chi connectivity index (χ3v) is 1.26. The number of hydrogen-bond acceptors (Lipinski definition) is 3. The molecule has 0 aromatic heterocycles. The smallest absolute Gasteiger partial charge is 0.185 e. The molecule has 6 N–H and O–H groups in total. The summed E-state index contributed by atoms with van der Waals surface area (Å²) in [4.78, 5) is 14.3. The lowest BCUT2D eigenvalue weighted by atomic mass is 10.1. The molecule has 1 atom stereocenters. The number of guanidine groups is 1. The molecular weight excluding hydrogens is 192 g/mol. The van der Waals surface area contributed by atoms with Crippen LogP contribution in [-0.4, -0.2) is 24.3 Å². The van der Waals surface area contributed by atoms with Crippen molar-refractivity contribution in [1.29, 1.82) is 0 Å². The summed E-state index contributed by atoms with van der Waals surface area (Å²) >= 11 is 0. The van der Waals surface area contributed by atoms with E-state index in [2.05, 4.69) is 4.99 Å². The van der Waals surface area contributed by atoms with Crippen molar-refractivity contribution in [2.75, 3.05) is 6.54 Å². The Bertz CT molecular complexity index is 165. The van der Waals surface area contributed by atoms with Crippen molar-refractivity contribution in [3.8, 4) is 0 Å². The van der Waals surface area contributed by atoms with Gasteiger partial charge in [-0.1, -0.05) is 27.7 Å². The van der Waals surface area contributed by atoms with Gasteiger partial charge >= 0.3 is 0 Å². The number of carbonyl (C=O) groups excluding carboxylic acids is 1. The lowest BCUT2D eigenvalue weighted by molar-refractivity contribution is -0.118. The van der Waals surface area contributed by atoms with Gasteiger partial charge < -0.3 is 17.2 Å². The van der Waals surface area contributed by atoms with Crippen LogP contribution in [0.2, 0.25) is 0 Å². The Morgan fingerprint density at radius 3 is 1.87 bits per heavy atom. The van der Waals surface area contributed by atoms with Crippen molar-refractivity contribution >= 4 is 11.7 Å². The Morgan fingerprint density at radius 1 is 1.20 bits per heavy atom. The summed E-state index contributed by atoms with van der Waals surface area (Å²) in [7, 11) is 0. The fourth-order valence-electron chi connectivity index (χ4n) is 0.536. The number of Topliss-reactive ketones (excluding diaryl/α,β-unsaturated/α-hetero) is 1. The molecule has 0 unspecified atom stereocenters. The van der Waals surface area contributed by atoms with E-state index in [4.69, 9.17) is 17.2 Å². The van der Waals surface area contributed by atoms with Crippen LogP contribution in [0.4, 0.5) is 0 Å². The molecule has 0 saturated carbocycles. The first-order valence-corrected chi connectivity index (χ1v) is 5.35. The molecule has 5 nitrogen and oxygen atoms in total. The fourth-order valence-corrected chi connectivity index (χ4v) is 0.536. The van der Waals surface area contributed by atoms with Crippen LogP contribution in [0, 0.1) is 0 Å². The summed E-state index contributed by atoms with van der Waals surface area (Å²) in [5, 5.41) is 0. The highest BCUT2D eigenvalue weighted by atomic mass is 16.1. The van der Waals surface area contributed by atoms with E-state index in [1.54, 1.807) is 0 Å². The number of hydrogen-bond donors (Lipinski definition) is 3. The molecule has 0 aliphatic carbocycles. The molecule has 0 amide bonds. The normalized spacial score (nSPS) is 9.73. The van der Waals surface area contributed by atoms with Crippen LogP contribution < -0.4 is 17.2 Å². The van der Waals surface area contributed by atoms with E-state index in [0.29, 0.717) is 13.0 Å². The zero-order chi connectivity index (χ0) is 12.9. The average Bonchev–Trinajstić information content (AvgIpc) is 2.23. The molecule has 0 rings (SSSR count). The second kappa shape index (κ2) is 15.4. The van der Waals surface area contributed by atoms with Crippen molar-refractivity contribution in [3.63, 3.8) is 0 Å².